The Hall–Kier alpha value is -1.86. The van der Waals surface area contributed by atoms with E-state index in [0.29, 0.717) is 0 Å². The van der Waals surface area contributed by atoms with Crippen molar-refractivity contribution in [2.75, 3.05) is 6.54 Å². The first-order valence-electron chi connectivity index (χ1n) is 5.65. The highest BCUT2D eigenvalue weighted by Crippen LogP contribution is 2.43. The third-order valence-electron chi connectivity index (χ3n) is 3.30. The summed E-state index contributed by atoms with van der Waals surface area (Å²) in [6.45, 7) is 0.182. The lowest BCUT2D eigenvalue weighted by Crippen LogP contribution is -2.52. The number of nitrogens with two attached hydrogens (primary N) is 1. The van der Waals surface area contributed by atoms with Crippen LogP contribution < -0.4 is 11.1 Å². The van der Waals surface area contributed by atoms with Crippen LogP contribution in [-0.2, 0) is 10.2 Å². The molecule has 1 saturated carbocycles. The number of carbonyl (C=O) groups excluding carboxylic acids is 1. The normalized spacial score (nSPS) is 26.9. The lowest BCUT2D eigenvalue weighted by Gasteiger charge is -2.43. The molecule has 2 rings (SSSR count). The van der Waals surface area contributed by atoms with Gasteiger partial charge in [0.2, 0.25) is 5.91 Å². The number of rotatable bonds is 4. The first-order chi connectivity index (χ1) is 8.16. The third-order valence-corrected chi connectivity index (χ3v) is 3.30. The van der Waals surface area contributed by atoms with Crippen molar-refractivity contribution in [3.8, 4) is 6.07 Å². The van der Waals surface area contributed by atoms with Crippen molar-refractivity contribution in [3.05, 3.63) is 35.9 Å². The van der Waals surface area contributed by atoms with Gasteiger partial charge >= 0.3 is 0 Å². The van der Waals surface area contributed by atoms with Crippen LogP contribution >= 0.6 is 0 Å². The molecule has 0 spiro atoms. The van der Waals surface area contributed by atoms with Crippen LogP contribution in [0.5, 0.6) is 0 Å². The standard InChI is InChI=1S/C13H15N3O/c14-9-13(10-4-2-1-3-5-10)6-11(7-13)16-8-12(15)17/h1-5,11,16H,6-8H2,(H2,15,17). The molecule has 17 heavy (non-hydrogen) atoms. The Balaban J connectivity index is 1.99. The summed E-state index contributed by atoms with van der Waals surface area (Å²) < 4.78 is 0. The summed E-state index contributed by atoms with van der Waals surface area (Å²) in [4.78, 5) is 10.6. The molecule has 1 aliphatic carbocycles. The third kappa shape index (κ3) is 2.29. The van der Waals surface area contributed by atoms with Crippen molar-refractivity contribution in [1.29, 1.82) is 5.26 Å². The number of benzene rings is 1. The van der Waals surface area contributed by atoms with Crippen LogP contribution in [0, 0.1) is 11.3 Å². The second-order valence-corrected chi connectivity index (χ2v) is 4.51. The number of carbonyl (C=O) groups is 1. The molecule has 1 amide bonds. The average molecular weight is 229 g/mol. The number of amides is 1. The SMILES string of the molecule is N#CC1(c2ccccc2)CC(NCC(N)=O)C1. The summed E-state index contributed by atoms with van der Waals surface area (Å²) >= 11 is 0. The molecule has 0 heterocycles. The van der Waals surface area contributed by atoms with Crippen LogP contribution in [0.15, 0.2) is 30.3 Å². The van der Waals surface area contributed by atoms with Crippen molar-refractivity contribution in [1.82, 2.24) is 5.32 Å². The van der Waals surface area contributed by atoms with Gasteiger partial charge < -0.3 is 11.1 Å². The van der Waals surface area contributed by atoms with Gasteiger partial charge in [-0.15, -0.1) is 0 Å². The molecule has 3 N–H and O–H groups in total. The molecule has 1 aromatic rings. The molecule has 0 saturated heterocycles. The van der Waals surface area contributed by atoms with E-state index in [1.807, 2.05) is 30.3 Å². The molecule has 0 bridgehead atoms. The Morgan fingerprint density at radius 1 is 1.47 bits per heavy atom. The maximum atomic E-state index is 10.6. The molecule has 0 radical (unpaired) electrons. The first-order valence-corrected chi connectivity index (χ1v) is 5.65. The monoisotopic (exact) mass is 229 g/mol. The zero-order valence-electron chi connectivity index (χ0n) is 9.52. The van der Waals surface area contributed by atoms with Crippen LogP contribution in [0.1, 0.15) is 18.4 Å². The van der Waals surface area contributed by atoms with Gasteiger partial charge in [-0.2, -0.15) is 5.26 Å². The Bertz CT molecular complexity index is 443. The fourth-order valence-corrected chi connectivity index (χ4v) is 2.32. The zero-order valence-corrected chi connectivity index (χ0v) is 9.52. The van der Waals surface area contributed by atoms with Gasteiger partial charge in [0.05, 0.1) is 18.0 Å². The maximum absolute atomic E-state index is 10.6. The fraction of sp³-hybridized carbons (Fsp3) is 0.385. The number of nitrogens with zero attached hydrogens (tertiary/aromatic N) is 1. The highest BCUT2D eigenvalue weighted by molar-refractivity contribution is 5.75. The summed E-state index contributed by atoms with van der Waals surface area (Å²) in [6.07, 6.45) is 1.47. The van der Waals surface area contributed by atoms with E-state index in [1.165, 1.54) is 0 Å². The van der Waals surface area contributed by atoms with E-state index in [9.17, 15) is 10.1 Å². The van der Waals surface area contributed by atoms with Crippen LogP contribution in [-0.4, -0.2) is 18.5 Å². The predicted molar refractivity (Wildman–Crippen MR) is 64.0 cm³/mol. The van der Waals surface area contributed by atoms with E-state index >= 15 is 0 Å². The molecule has 0 atom stereocenters. The highest BCUT2D eigenvalue weighted by atomic mass is 16.1. The van der Waals surface area contributed by atoms with Gasteiger partial charge in [0.25, 0.3) is 0 Å². The molecule has 4 nitrogen and oxygen atoms in total. The number of nitrogens with one attached hydrogen (secondary N) is 1. The minimum absolute atomic E-state index is 0.182. The van der Waals surface area contributed by atoms with Crippen molar-refractivity contribution in [2.24, 2.45) is 5.73 Å². The van der Waals surface area contributed by atoms with Gasteiger partial charge in [0, 0.05) is 6.04 Å². The quantitative estimate of drug-likeness (QED) is 0.797. The molecule has 0 unspecified atom stereocenters. The molecular weight excluding hydrogens is 214 g/mol. The Morgan fingerprint density at radius 2 is 2.12 bits per heavy atom. The Morgan fingerprint density at radius 3 is 2.65 bits per heavy atom. The van der Waals surface area contributed by atoms with Gasteiger partial charge in [0.15, 0.2) is 0 Å². The fourth-order valence-electron chi connectivity index (χ4n) is 2.32. The van der Waals surface area contributed by atoms with E-state index in [1.54, 1.807) is 0 Å². The van der Waals surface area contributed by atoms with Crippen molar-refractivity contribution >= 4 is 5.91 Å². The van der Waals surface area contributed by atoms with Gasteiger partial charge in [0.1, 0.15) is 0 Å². The van der Waals surface area contributed by atoms with Crippen molar-refractivity contribution < 1.29 is 4.79 Å². The second-order valence-electron chi connectivity index (χ2n) is 4.51. The van der Waals surface area contributed by atoms with E-state index in [2.05, 4.69) is 11.4 Å². The summed E-state index contributed by atoms with van der Waals surface area (Å²) in [5.41, 5.74) is 5.73. The summed E-state index contributed by atoms with van der Waals surface area (Å²) in [7, 11) is 0. The lowest BCUT2D eigenvalue weighted by atomic mass is 9.62. The van der Waals surface area contributed by atoms with Gasteiger partial charge in [-0.25, -0.2) is 0 Å². The van der Waals surface area contributed by atoms with E-state index in [4.69, 9.17) is 5.73 Å². The van der Waals surface area contributed by atoms with Crippen LogP contribution in [0.2, 0.25) is 0 Å². The van der Waals surface area contributed by atoms with Gasteiger partial charge in [-0.05, 0) is 18.4 Å². The van der Waals surface area contributed by atoms with Gasteiger partial charge in [-0.1, -0.05) is 30.3 Å². The van der Waals surface area contributed by atoms with Crippen LogP contribution in [0.25, 0.3) is 0 Å². The minimum Gasteiger partial charge on any atom is -0.369 e. The molecule has 1 aromatic carbocycles. The van der Waals surface area contributed by atoms with Gasteiger partial charge in [-0.3, -0.25) is 4.79 Å². The minimum atomic E-state index is -0.392. The Kier molecular flexibility index (Phi) is 3.12. The summed E-state index contributed by atoms with van der Waals surface area (Å²) in [5, 5.41) is 12.4. The first kappa shape index (κ1) is 11.6. The van der Waals surface area contributed by atoms with Crippen LogP contribution in [0.3, 0.4) is 0 Å². The largest absolute Gasteiger partial charge is 0.369 e. The van der Waals surface area contributed by atoms with Crippen molar-refractivity contribution in [3.63, 3.8) is 0 Å². The number of nitriles is 1. The summed E-state index contributed by atoms with van der Waals surface area (Å²) in [5.74, 6) is -0.362. The topological polar surface area (TPSA) is 78.9 Å². The van der Waals surface area contributed by atoms with E-state index in [-0.39, 0.29) is 18.5 Å². The molecule has 0 aliphatic heterocycles. The smallest absolute Gasteiger partial charge is 0.231 e. The lowest BCUT2D eigenvalue weighted by molar-refractivity contribution is -0.117. The molecule has 4 heteroatoms. The maximum Gasteiger partial charge on any atom is 0.231 e. The highest BCUT2D eigenvalue weighted by Gasteiger charge is 2.45. The molecule has 1 aliphatic rings. The van der Waals surface area contributed by atoms with Crippen molar-refractivity contribution in [2.45, 2.75) is 24.3 Å². The molecule has 88 valence electrons. The molecule has 1 fully saturated rings. The van der Waals surface area contributed by atoms with Crippen LogP contribution in [0.4, 0.5) is 0 Å². The van der Waals surface area contributed by atoms with E-state index < -0.39 is 5.41 Å². The molecular formula is C13H15N3O. The second kappa shape index (κ2) is 4.56. The van der Waals surface area contributed by atoms with E-state index in [0.717, 1.165) is 18.4 Å². The number of hydrogen-bond acceptors (Lipinski definition) is 3. The Labute approximate surface area is 100 Å². The zero-order chi connectivity index (χ0) is 12.3. The summed E-state index contributed by atoms with van der Waals surface area (Å²) in [6, 6.07) is 12.4. The average Bonchev–Trinajstić information content (AvgIpc) is 2.29. The predicted octanol–water partition coefficient (Wildman–Crippen LogP) is 0.685. The number of primary amides is 1. The molecule has 0 aromatic heterocycles. The number of hydrogen-bond donors (Lipinski definition) is 2.